The molecule has 0 bridgehead atoms. The van der Waals surface area contributed by atoms with Gasteiger partial charge in [0.2, 0.25) is 0 Å². The van der Waals surface area contributed by atoms with E-state index in [0.717, 1.165) is 42.7 Å². The quantitative estimate of drug-likeness (QED) is 0.934. The molecule has 0 radical (unpaired) electrons. The van der Waals surface area contributed by atoms with Gasteiger partial charge in [0, 0.05) is 19.0 Å². The Morgan fingerprint density at radius 1 is 1.33 bits per heavy atom. The summed E-state index contributed by atoms with van der Waals surface area (Å²) in [5.74, 6) is 0.885. The Labute approximate surface area is 125 Å². The molecule has 3 rings (SSSR count). The Balaban J connectivity index is 1.91. The van der Waals surface area contributed by atoms with Gasteiger partial charge in [0.1, 0.15) is 11.5 Å². The Kier molecular flexibility index (Phi) is 3.98. The molecule has 21 heavy (non-hydrogen) atoms. The predicted octanol–water partition coefficient (Wildman–Crippen LogP) is 3.60. The van der Waals surface area contributed by atoms with E-state index in [1.54, 1.807) is 0 Å². The maximum Gasteiger partial charge on any atom is 0.118 e. The number of fused-ring (bicyclic) bond motifs is 1. The predicted molar refractivity (Wildman–Crippen MR) is 84.0 cm³/mol. The van der Waals surface area contributed by atoms with Crippen LogP contribution in [-0.2, 0) is 13.0 Å². The molecule has 1 aromatic heterocycles. The molecule has 0 unspecified atom stereocenters. The van der Waals surface area contributed by atoms with E-state index < -0.39 is 5.67 Å². The highest BCUT2D eigenvalue weighted by atomic mass is 19.1. The molecule has 0 saturated heterocycles. The van der Waals surface area contributed by atoms with Crippen LogP contribution in [0.5, 0.6) is 0 Å². The first-order chi connectivity index (χ1) is 10.1. The van der Waals surface area contributed by atoms with Crippen LogP contribution in [0.1, 0.15) is 44.9 Å². The van der Waals surface area contributed by atoms with Crippen LogP contribution in [0.2, 0.25) is 0 Å². The van der Waals surface area contributed by atoms with Crippen molar-refractivity contribution in [3.8, 4) is 0 Å². The van der Waals surface area contributed by atoms with Crippen LogP contribution in [0.15, 0.2) is 24.3 Å². The number of nitrogens with two attached hydrogens (primary N) is 1. The second-order valence-electron chi connectivity index (χ2n) is 6.33. The first kappa shape index (κ1) is 14.5. The lowest BCUT2D eigenvalue weighted by molar-refractivity contribution is 0.0962. The average Bonchev–Trinajstić information content (AvgIpc) is 2.81. The van der Waals surface area contributed by atoms with Gasteiger partial charge in [-0.2, -0.15) is 0 Å². The van der Waals surface area contributed by atoms with Crippen LogP contribution >= 0.6 is 0 Å². The third kappa shape index (κ3) is 2.95. The molecule has 0 amide bonds. The van der Waals surface area contributed by atoms with Crippen molar-refractivity contribution in [2.45, 2.75) is 63.7 Å². The second kappa shape index (κ2) is 5.76. The molecular weight excluding hydrogens is 265 g/mol. The number of hydrogen-bond acceptors (Lipinski definition) is 2. The summed E-state index contributed by atoms with van der Waals surface area (Å²) in [6, 6.07) is 8.25. The first-order valence-electron chi connectivity index (χ1n) is 8.00. The molecule has 1 aliphatic rings. The standard InChI is InChI=1S/C17H24FN3/c1-2-11-21-15-6-4-3-5-14(15)20-16(21)12-17(18)9-7-13(19)8-10-17/h3-6,13H,2,7-12,19H2,1H3. The van der Waals surface area contributed by atoms with Gasteiger partial charge in [0.15, 0.2) is 0 Å². The molecule has 1 aliphatic carbocycles. The van der Waals surface area contributed by atoms with Gasteiger partial charge in [-0.15, -0.1) is 0 Å². The van der Waals surface area contributed by atoms with Gasteiger partial charge in [-0.25, -0.2) is 9.37 Å². The lowest BCUT2D eigenvalue weighted by Gasteiger charge is -2.32. The molecule has 2 N–H and O–H groups in total. The number of nitrogens with zero attached hydrogens (tertiary/aromatic N) is 2. The molecule has 4 heteroatoms. The molecule has 0 spiro atoms. The summed E-state index contributed by atoms with van der Waals surface area (Å²) >= 11 is 0. The largest absolute Gasteiger partial charge is 0.328 e. The van der Waals surface area contributed by atoms with E-state index in [-0.39, 0.29) is 6.04 Å². The van der Waals surface area contributed by atoms with Gasteiger partial charge in [0.05, 0.1) is 11.0 Å². The average molecular weight is 289 g/mol. The van der Waals surface area contributed by atoms with E-state index in [1.807, 2.05) is 18.2 Å². The summed E-state index contributed by atoms with van der Waals surface area (Å²) in [6.45, 7) is 3.04. The Morgan fingerprint density at radius 3 is 2.76 bits per heavy atom. The number of aromatic nitrogens is 2. The normalized spacial score (nSPS) is 26.3. The minimum Gasteiger partial charge on any atom is -0.328 e. The van der Waals surface area contributed by atoms with Crippen molar-refractivity contribution in [3.05, 3.63) is 30.1 Å². The van der Waals surface area contributed by atoms with Crippen LogP contribution in [0, 0.1) is 0 Å². The zero-order chi connectivity index (χ0) is 14.9. The zero-order valence-corrected chi connectivity index (χ0v) is 12.7. The fraction of sp³-hybridized carbons (Fsp3) is 0.588. The maximum atomic E-state index is 15.1. The number of halogens is 1. The van der Waals surface area contributed by atoms with E-state index in [0.29, 0.717) is 19.3 Å². The number of para-hydroxylation sites is 2. The smallest absolute Gasteiger partial charge is 0.118 e. The van der Waals surface area contributed by atoms with Crippen LogP contribution in [0.3, 0.4) is 0 Å². The SMILES string of the molecule is CCCn1c(CC2(F)CCC(N)CC2)nc2ccccc21. The Hall–Kier alpha value is -1.42. The lowest BCUT2D eigenvalue weighted by atomic mass is 9.81. The van der Waals surface area contributed by atoms with Crippen molar-refractivity contribution in [1.29, 1.82) is 0 Å². The minimum atomic E-state index is -1.14. The van der Waals surface area contributed by atoms with Gasteiger partial charge in [-0.1, -0.05) is 19.1 Å². The first-order valence-corrected chi connectivity index (χ1v) is 8.00. The highest BCUT2D eigenvalue weighted by Crippen LogP contribution is 2.35. The van der Waals surface area contributed by atoms with Gasteiger partial charge < -0.3 is 10.3 Å². The van der Waals surface area contributed by atoms with Crippen molar-refractivity contribution in [1.82, 2.24) is 9.55 Å². The molecule has 1 saturated carbocycles. The lowest BCUT2D eigenvalue weighted by Crippen LogP contribution is -2.37. The van der Waals surface area contributed by atoms with Gasteiger partial charge in [0.25, 0.3) is 0 Å². The Bertz CT molecular complexity index is 612. The highest BCUT2D eigenvalue weighted by Gasteiger charge is 2.36. The van der Waals surface area contributed by atoms with Crippen LogP contribution in [0.4, 0.5) is 4.39 Å². The summed E-state index contributed by atoms with van der Waals surface area (Å²) in [4.78, 5) is 4.68. The molecule has 114 valence electrons. The van der Waals surface area contributed by atoms with Crippen LogP contribution in [-0.4, -0.2) is 21.3 Å². The third-order valence-corrected chi connectivity index (χ3v) is 4.58. The number of alkyl halides is 1. The summed E-state index contributed by atoms with van der Waals surface area (Å²) in [6.07, 6.45) is 4.12. The summed E-state index contributed by atoms with van der Waals surface area (Å²) < 4.78 is 17.3. The molecule has 0 atom stereocenters. The number of rotatable bonds is 4. The summed E-state index contributed by atoms with van der Waals surface area (Å²) in [5, 5.41) is 0. The highest BCUT2D eigenvalue weighted by molar-refractivity contribution is 5.75. The number of imidazole rings is 1. The third-order valence-electron chi connectivity index (χ3n) is 4.58. The topological polar surface area (TPSA) is 43.8 Å². The van der Waals surface area contributed by atoms with E-state index in [4.69, 9.17) is 5.73 Å². The molecular formula is C17H24FN3. The van der Waals surface area contributed by atoms with E-state index >= 15 is 4.39 Å². The summed E-state index contributed by atoms with van der Waals surface area (Å²) in [7, 11) is 0. The molecule has 3 nitrogen and oxygen atoms in total. The number of aryl methyl sites for hydroxylation is 1. The van der Waals surface area contributed by atoms with E-state index in [9.17, 15) is 0 Å². The van der Waals surface area contributed by atoms with Gasteiger partial charge in [-0.3, -0.25) is 0 Å². The van der Waals surface area contributed by atoms with Crippen molar-refractivity contribution >= 4 is 11.0 Å². The van der Waals surface area contributed by atoms with Crippen molar-refractivity contribution in [3.63, 3.8) is 0 Å². The minimum absolute atomic E-state index is 0.170. The fourth-order valence-corrected chi connectivity index (χ4v) is 3.35. The molecule has 1 fully saturated rings. The molecule has 1 aromatic carbocycles. The molecule has 0 aliphatic heterocycles. The zero-order valence-electron chi connectivity index (χ0n) is 12.7. The fourth-order valence-electron chi connectivity index (χ4n) is 3.35. The molecule has 1 heterocycles. The van der Waals surface area contributed by atoms with Crippen LogP contribution < -0.4 is 5.73 Å². The molecule has 2 aromatic rings. The van der Waals surface area contributed by atoms with Gasteiger partial charge in [-0.05, 0) is 44.2 Å². The van der Waals surface area contributed by atoms with Crippen molar-refractivity contribution < 1.29 is 4.39 Å². The summed E-state index contributed by atoms with van der Waals surface area (Å²) in [5.41, 5.74) is 6.85. The van der Waals surface area contributed by atoms with E-state index in [2.05, 4.69) is 22.5 Å². The van der Waals surface area contributed by atoms with Gasteiger partial charge >= 0.3 is 0 Å². The maximum absolute atomic E-state index is 15.1. The number of hydrogen-bond donors (Lipinski definition) is 1. The number of benzene rings is 1. The van der Waals surface area contributed by atoms with Crippen LogP contribution in [0.25, 0.3) is 11.0 Å². The van der Waals surface area contributed by atoms with E-state index in [1.165, 1.54) is 0 Å². The van der Waals surface area contributed by atoms with Crippen molar-refractivity contribution in [2.24, 2.45) is 5.73 Å². The Morgan fingerprint density at radius 2 is 2.05 bits per heavy atom. The second-order valence-corrected chi connectivity index (χ2v) is 6.33. The monoisotopic (exact) mass is 289 g/mol. The van der Waals surface area contributed by atoms with Crippen molar-refractivity contribution in [2.75, 3.05) is 0 Å².